The van der Waals surface area contributed by atoms with Crippen LogP contribution in [0.2, 0.25) is 0 Å². The van der Waals surface area contributed by atoms with Gasteiger partial charge in [0.05, 0.1) is 5.56 Å². The van der Waals surface area contributed by atoms with E-state index in [1.54, 1.807) is 12.3 Å². The van der Waals surface area contributed by atoms with Crippen molar-refractivity contribution in [3.8, 4) is 0 Å². The number of hydrogen-bond acceptors (Lipinski definition) is 3. The number of amides is 1. The van der Waals surface area contributed by atoms with Gasteiger partial charge < -0.3 is 11.1 Å². The van der Waals surface area contributed by atoms with Crippen molar-refractivity contribution in [2.75, 3.05) is 0 Å². The van der Waals surface area contributed by atoms with E-state index in [-0.39, 0.29) is 5.91 Å². The average molecular weight is 285 g/mol. The van der Waals surface area contributed by atoms with Crippen molar-refractivity contribution in [3.05, 3.63) is 65.0 Å². The van der Waals surface area contributed by atoms with E-state index in [9.17, 15) is 4.79 Å². The van der Waals surface area contributed by atoms with E-state index in [4.69, 9.17) is 18.0 Å². The molecule has 0 bridgehead atoms. The van der Waals surface area contributed by atoms with Gasteiger partial charge in [-0.05, 0) is 24.6 Å². The summed E-state index contributed by atoms with van der Waals surface area (Å²) in [6.45, 7) is 2.33. The number of carbonyl (C=O) groups is 1. The van der Waals surface area contributed by atoms with Gasteiger partial charge in [0.15, 0.2) is 0 Å². The Kier molecular flexibility index (Phi) is 4.42. The number of aryl methyl sites for hydroxylation is 1. The Balaban J connectivity index is 1.96. The second-order valence-electron chi connectivity index (χ2n) is 4.43. The van der Waals surface area contributed by atoms with Gasteiger partial charge >= 0.3 is 0 Å². The molecule has 0 saturated heterocycles. The Morgan fingerprint density at radius 3 is 2.40 bits per heavy atom. The van der Waals surface area contributed by atoms with Gasteiger partial charge in [0.25, 0.3) is 5.91 Å². The first-order valence-corrected chi connectivity index (χ1v) is 6.56. The normalized spacial score (nSPS) is 10.1. The molecule has 0 atom stereocenters. The van der Waals surface area contributed by atoms with Gasteiger partial charge in [0.1, 0.15) is 4.99 Å². The van der Waals surface area contributed by atoms with Crippen molar-refractivity contribution in [3.63, 3.8) is 0 Å². The zero-order valence-corrected chi connectivity index (χ0v) is 11.9. The fourth-order valence-electron chi connectivity index (χ4n) is 1.67. The van der Waals surface area contributed by atoms with E-state index < -0.39 is 0 Å². The van der Waals surface area contributed by atoms with Crippen LogP contribution in [-0.2, 0) is 6.54 Å². The van der Waals surface area contributed by atoms with Crippen LogP contribution in [0.15, 0.2) is 42.6 Å². The molecule has 5 heteroatoms. The number of carbonyl (C=O) groups excluding carboxylic acids is 1. The Labute approximate surface area is 123 Å². The molecule has 0 fully saturated rings. The first-order valence-electron chi connectivity index (χ1n) is 6.16. The Hall–Kier alpha value is -2.27. The highest BCUT2D eigenvalue weighted by molar-refractivity contribution is 7.80. The molecule has 0 aliphatic rings. The smallest absolute Gasteiger partial charge is 0.253 e. The lowest BCUT2D eigenvalue weighted by Crippen LogP contribution is -2.23. The molecule has 3 N–H and O–H groups in total. The second kappa shape index (κ2) is 6.25. The number of nitrogens with two attached hydrogens (primary N) is 1. The number of pyridine rings is 1. The van der Waals surface area contributed by atoms with Crippen LogP contribution in [0.3, 0.4) is 0 Å². The number of rotatable bonds is 4. The minimum Gasteiger partial charge on any atom is -0.389 e. The SMILES string of the molecule is Cc1ccc(C(=O)NCc2ccc(C(N)=S)cc2)cn1. The molecule has 2 rings (SSSR count). The van der Waals surface area contributed by atoms with Crippen LogP contribution in [0, 0.1) is 6.92 Å². The van der Waals surface area contributed by atoms with Crippen molar-refractivity contribution < 1.29 is 4.79 Å². The summed E-state index contributed by atoms with van der Waals surface area (Å²) in [7, 11) is 0. The molecule has 0 radical (unpaired) electrons. The lowest BCUT2D eigenvalue weighted by atomic mass is 10.1. The van der Waals surface area contributed by atoms with Gasteiger partial charge in [0, 0.05) is 24.0 Å². The monoisotopic (exact) mass is 285 g/mol. The number of benzene rings is 1. The van der Waals surface area contributed by atoms with Crippen molar-refractivity contribution >= 4 is 23.1 Å². The Bertz CT molecular complexity index is 621. The molecule has 4 nitrogen and oxygen atoms in total. The molecule has 20 heavy (non-hydrogen) atoms. The van der Waals surface area contributed by atoms with Crippen molar-refractivity contribution in [2.24, 2.45) is 5.73 Å². The van der Waals surface area contributed by atoms with Crippen molar-refractivity contribution in [2.45, 2.75) is 13.5 Å². The molecule has 0 unspecified atom stereocenters. The summed E-state index contributed by atoms with van der Waals surface area (Å²) in [6.07, 6.45) is 1.57. The number of nitrogens with zero attached hydrogens (tertiary/aromatic N) is 1. The molecule has 1 heterocycles. The highest BCUT2D eigenvalue weighted by atomic mass is 32.1. The summed E-state index contributed by atoms with van der Waals surface area (Å²) in [5, 5.41) is 2.84. The maximum atomic E-state index is 11.9. The summed E-state index contributed by atoms with van der Waals surface area (Å²) in [6, 6.07) is 11.0. The molecular formula is C15H15N3OS. The number of thiocarbonyl (C=S) groups is 1. The molecule has 0 saturated carbocycles. The van der Waals surface area contributed by atoms with E-state index in [1.807, 2.05) is 37.3 Å². The van der Waals surface area contributed by atoms with E-state index >= 15 is 0 Å². The van der Waals surface area contributed by atoms with Gasteiger partial charge in [-0.15, -0.1) is 0 Å². The minimum absolute atomic E-state index is 0.143. The summed E-state index contributed by atoms with van der Waals surface area (Å²) < 4.78 is 0. The fraction of sp³-hybridized carbons (Fsp3) is 0.133. The summed E-state index contributed by atoms with van der Waals surface area (Å²) in [5.74, 6) is -0.143. The highest BCUT2D eigenvalue weighted by Crippen LogP contribution is 2.05. The van der Waals surface area contributed by atoms with Crippen LogP contribution in [-0.4, -0.2) is 15.9 Å². The third-order valence-electron chi connectivity index (χ3n) is 2.87. The molecule has 1 aromatic heterocycles. The molecule has 0 spiro atoms. The Morgan fingerprint density at radius 2 is 1.85 bits per heavy atom. The zero-order chi connectivity index (χ0) is 14.5. The van der Waals surface area contributed by atoms with Crippen LogP contribution < -0.4 is 11.1 Å². The summed E-state index contributed by atoms with van der Waals surface area (Å²) >= 11 is 4.89. The van der Waals surface area contributed by atoms with Crippen LogP contribution in [0.4, 0.5) is 0 Å². The van der Waals surface area contributed by atoms with Gasteiger partial charge in [-0.2, -0.15) is 0 Å². The molecule has 0 aliphatic carbocycles. The minimum atomic E-state index is -0.143. The second-order valence-corrected chi connectivity index (χ2v) is 4.87. The molecular weight excluding hydrogens is 270 g/mol. The molecule has 1 amide bonds. The van der Waals surface area contributed by atoms with E-state index in [1.165, 1.54) is 0 Å². The average Bonchev–Trinajstić information content (AvgIpc) is 2.46. The van der Waals surface area contributed by atoms with Gasteiger partial charge in [0.2, 0.25) is 0 Å². The lowest BCUT2D eigenvalue weighted by Gasteiger charge is -2.06. The third-order valence-corrected chi connectivity index (χ3v) is 3.10. The summed E-state index contributed by atoms with van der Waals surface area (Å²) in [5.41, 5.74) is 8.77. The fourth-order valence-corrected chi connectivity index (χ4v) is 1.81. The number of nitrogens with one attached hydrogen (secondary N) is 1. The predicted molar refractivity (Wildman–Crippen MR) is 82.5 cm³/mol. The molecule has 2 aromatic rings. The van der Waals surface area contributed by atoms with Crippen LogP contribution >= 0.6 is 12.2 Å². The quantitative estimate of drug-likeness (QED) is 0.843. The zero-order valence-electron chi connectivity index (χ0n) is 11.1. The van der Waals surface area contributed by atoms with Crippen LogP contribution in [0.5, 0.6) is 0 Å². The Morgan fingerprint density at radius 1 is 1.20 bits per heavy atom. The van der Waals surface area contributed by atoms with Gasteiger partial charge in [-0.3, -0.25) is 9.78 Å². The maximum Gasteiger partial charge on any atom is 0.253 e. The van der Waals surface area contributed by atoms with E-state index in [0.717, 1.165) is 16.8 Å². The van der Waals surface area contributed by atoms with E-state index in [2.05, 4.69) is 10.3 Å². The van der Waals surface area contributed by atoms with Crippen LogP contribution in [0.25, 0.3) is 0 Å². The van der Waals surface area contributed by atoms with Crippen molar-refractivity contribution in [1.29, 1.82) is 0 Å². The molecule has 1 aromatic carbocycles. The third kappa shape index (κ3) is 3.61. The topological polar surface area (TPSA) is 68.0 Å². The lowest BCUT2D eigenvalue weighted by molar-refractivity contribution is 0.0950. The standard InChI is InChI=1S/C15H15N3OS/c1-10-2-5-13(9-17-10)15(19)18-8-11-3-6-12(7-4-11)14(16)20/h2-7,9H,8H2,1H3,(H2,16,20)(H,18,19). The van der Waals surface area contributed by atoms with Gasteiger partial charge in [-0.25, -0.2) is 0 Å². The molecule has 0 aliphatic heterocycles. The molecule has 102 valence electrons. The maximum absolute atomic E-state index is 11.9. The summed E-state index contributed by atoms with van der Waals surface area (Å²) in [4.78, 5) is 16.4. The van der Waals surface area contributed by atoms with Crippen LogP contribution in [0.1, 0.15) is 27.2 Å². The first kappa shape index (κ1) is 14.1. The first-order chi connectivity index (χ1) is 9.56. The predicted octanol–water partition coefficient (Wildman–Crippen LogP) is 1.95. The van der Waals surface area contributed by atoms with Gasteiger partial charge in [-0.1, -0.05) is 36.5 Å². The largest absolute Gasteiger partial charge is 0.389 e. The number of aromatic nitrogens is 1. The van der Waals surface area contributed by atoms with Crippen molar-refractivity contribution in [1.82, 2.24) is 10.3 Å². The number of hydrogen-bond donors (Lipinski definition) is 2. The highest BCUT2D eigenvalue weighted by Gasteiger charge is 2.05. The van der Waals surface area contributed by atoms with E-state index in [0.29, 0.717) is 17.1 Å².